The highest BCUT2D eigenvalue weighted by Gasteiger charge is 2.17. The van der Waals surface area contributed by atoms with Crippen LogP contribution in [0.3, 0.4) is 0 Å². The number of carbonyl (C=O) groups is 2. The summed E-state index contributed by atoms with van der Waals surface area (Å²) in [6.45, 7) is 3.15. The molecule has 0 saturated heterocycles. The van der Waals surface area contributed by atoms with Gasteiger partial charge in [-0.1, -0.05) is 54.6 Å². The SMILES string of the molecule is CC(=O)c1ccc(Cc2c[nH]c(-c3ccccc3)c2C(C)=O)cc1. The number of aromatic nitrogens is 1. The van der Waals surface area contributed by atoms with E-state index < -0.39 is 0 Å². The lowest BCUT2D eigenvalue weighted by Gasteiger charge is -2.06. The van der Waals surface area contributed by atoms with Gasteiger partial charge in [-0.3, -0.25) is 9.59 Å². The Morgan fingerprint density at radius 2 is 1.54 bits per heavy atom. The standard InChI is InChI=1S/C21H19NO2/c1-14(23)17-10-8-16(9-11-17)12-19-13-22-21(20(19)15(2)24)18-6-4-3-5-7-18/h3-11,13,22H,12H2,1-2H3. The van der Waals surface area contributed by atoms with Crippen LogP contribution in [0.4, 0.5) is 0 Å². The van der Waals surface area contributed by atoms with Gasteiger partial charge in [0.25, 0.3) is 0 Å². The van der Waals surface area contributed by atoms with Gasteiger partial charge < -0.3 is 4.98 Å². The zero-order chi connectivity index (χ0) is 17.1. The van der Waals surface area contributed by atoms with Crippen molar-refractivity contribution in [3.05, 3.63) is 83.0 Å². The maximum Gasteiger partial charge on any atom is 0.162 e. The van der Waals surface area contributed by atoms with Gasteiger partial charge in [-0.05, 0) is 37.0 Å². The number of hydrogen-bond donors (Lipinski definition) is 1. The quantitative estimate of drug-likeness (QED) is 0.695. The third-order valence-corrected chi connectivity index (χ3v) is 4.13. The number of benzene rings is 2. The Hall–Kier alpha value is -2.94. The Kier molecular flexibility index (Phi) is 4.43. The topological polar surface area (TPSA) is 49.9 Å². The number of hydrogen-bond acceptors (Lipinski definition) is 2. The van der Waals surface area contributed by atoms with Gasteiger partial charge in [0.1, 0.15) is 0 Å². The molecule has 3 rings (SSSR count). The summed E-state index contributed by atoms with van der Waals surface area (Å²) in [6.07, 6.45) is 2.55. The number of H-pyrrole nitrogens is 1. The lowest BCUT2D eigenvalue weighted by molar-refractivity contribution is 0.100. The molecule has 3 aromatic rings. The molecule has 0 aliphatic carbocycles. The second kappa shape index (κ2) is 6.67. The van der Waals surface area contributed by atoms with Gasteiger partial charge in [-0.25, -0.2) is 0 Å². The minimum absolute atomic E-state index is 0.0467. The van der Waals surface area contributed by atoms with Gasteiger partial charge in [0, 0.05) is 17.3 Å². The number of nitrogens with one attached hydrogen (secondary N) is 1. The third-order valence-electron chi connectivity index (χ3n) is 4.13. The van der Waals surface area contributed by atoms with E-state index >= 15 is 0 Å². The van der Waals surface area contributed by atoms with Crippen molar-refractivity contribution in [2.45, 2.75) is 20.3 Å². The van der Waals surface area contributed by atoms with E-state index in [-0.39, 0.29) is 11.6 Å². The highest BCUT2D eigenvalue weighted by Crippen LogP contribution is 2.27. The van der Waals surface area contributed by atoms with Crippen molar-refractivity contribution in [1.82, 2.24) is 4.98 Å². The molecule has 3 heteroatoms. The van der Waals surface area contributed by atoms with Gasteiger partial charge in [-0.15, -0.1) is 0 Å². The summed E-state index contributed by atoms with van der Waals surface area (Å²) < 4.78 is 0. The van der Waals surface area contributed by atoms with Gasteiger partial charge >= 0.3 is 0 Å². The molecule has 0 aliphatic rings. The fourth-order valence-electron chi connectivity index (χ4n) is 2.92. The van der Waals surface area contributed by atoms with Gasteiger partial charge in [0.2, 0.25) is 0 Å². The first-order valence-electron chi connectivity index (χ1n) is 7.92. The van der Waals surface area contributed by atoms with Gasteiger partial charge in [0.15, 0.2) is 11.6 Å². The van der Waals surface area contributed by atoms with Crippen LogP contribution in [0.25, 0.3) is 11.3 Å². The van der Waals surface area contributed by atoms with Crippen molar-refractivity contribution in [2.75, 3.05) is 0 Å². The average molecular weight is 317 g/mol. The van der Waals surface area contributed by atoms with Crippen LogP contribution in [0, 0.1) is 0 Å². The highest BCUT2D eigenvalue weighted by atomic mass is 16.1. The molecule has 0 radical (unpaired) electrons. The minimum atomic E-state index is 0.0467. The Bertz CT molecular complexity index is 874. The summed E-state index contributed by atoms with van der Waals surface area (Å²) in [6, 6.07) is 17.4. The first-order valence-corrected chi connectivity index (χ1v) is 7.92. The average Bonchev–Trinajstić information content (AvgIpc) is 3.00. The third kappa shape index (κ3) is 3.20. The van der Waals surface area contributed by atoms with E-state index in [1.54, 1.807) is 13.8 Å². The normalized spacial score (nSPS) is 10.6. The fourth-order valence-corrected chi connectivity index (χ4v) is 2.92. The zero-order valence-corrected chi connectivity index (χ0v) is 13.8. The summed E-state index contributed by atoms with van der Waals surface area (Å²) in [5.41, 5.74) is 5.33. The number of ketones is 2. The van der Waals surface area contributed by atoms with Crippen molar-refractivity contribution in [3.63, 3.8) is 0 Å². The molecule has 1 aromatic heterocycles. The van der Waals surface area contributed by atoms with E-state index in [4.69, 9.17) is 0 Å². The largest absolute Gasteiger partial charge is 0.360 e. The van der Waals surface area contributed by atoms with Crippen molar-refractivity contribution in [2.24, 2.45) is 0 Å². The van der Waals surface area contributed by atoms with Crippen LogP contribution in [-0.4, -0.2) is 16.6 Å². The van der Waals surface area contributed by atoms with Crippen molar-refractivity contribution < 1.29 is 9.59 Å². The Morgan fingerprint density at radius 1 is 0.875 bits per heavy atom. The lowest BCUT2D eigenvalue weighted by Crippen LogP contribution is -2.00. The Morgan fingerprint density at radius 3 is 2.12 bits per heavy atom. The molecule has 3 nitrogen and oxygen atoms in total. The Balaban J connectivity index is 1.95. The number of rotatable bonds is 5. The predicted molar refractivity (Wildman–Crippen MR) is 95.5 cm³/mol. The molecule has 0 amide bonds. The van der Waals surface area contributed by atoms with E-state index in [0.29, 0.717) is 12.0 Å². The maximum atomic E-state index is 12.2. The minimum Gasteiger partial charge on any atom is -0.360 e. The summed E-state index contributed by atoms with van der Waals surface area (Å²) in [5, 5.41) is 0. The molecule has 1 N–H and O–H groups in total. The van der Waals surface area contributed by atoms with Crippen molar-refractivity contribution >= 4 is 11.6 Å². The molecule has 0 atom stereocenters. The van der Waals surface area contributed by atoms with E-state index in [1.807, 2.05) is 60.8 Å². The first-order chi connectivity index (χ1) is 11.6. The lowest BCUT2D eigenvalue weighted by atomic mass is 9.97. The summed E-state index contributed by atoms with van der Waals surface area (Å²) in [7, 11) is 0. The molecular formula is C21H19NO2. The summed E-state index contributed by atoms with van der Waals surface area (Å²) in [5.74, 6) is 0.101. The van der Waals surface area contributed by atoms with E-state index in [1.165, 1.54) is 0 Å². The smallest absolute Gasteiger partial charge is 0.162 e. The molecule has 1 heterocycles. The van der Waals surface area contributed by atoms with Crippen molar-refractivity contribution in [3.8, 4) is 11.3 Å². The van der Waals surface area contributed by atoms with Crippen LogP contribution in [0.2, 0.25) is 0 Å². The molecule has 24 heavy (non-hydrogen) atoms. The van der Waals surface area contributed by atoms with Crippen molar-refractivity contribution in [1.29, 1.82) is 0 Å². The molecule has 0 fully saturated rings. The second-order valence-corrected chi connectivity index (χ2v) is 5.92. The van der Waals surface area contributed by atoms with Gasteiger partial charge in [0.05, 0.1) is 5.69 Å². The van der Waals surface area contributed by atoms with E-state index in [2.05, 4.69) is 4.98 Å². The summed E-state index contributed by atoms with van der Waals surface area (Å²) >= 11 is 0. The maximum absolute atomic E-state index is 12.2. The fraction of sp³-hybridized carbons (Fsp3) is 0.143. The number of Topliss-reactive ketones (excluding diaryl/α,β-unsaturated/α-hetero) is 2. The van der Waals surface area contributed by atoms with Crippen LogP contribution in [0.5, 0.6) is 0 Å². The zero-order valence-electron chi connectivity index (χ0n) is 13.8. The molecule has 0 aliphatic heterocycles. The molecular weight excluding hydrogens is 298 g/mol. The van der Waals surface area contributed by atoms with E-state index in [9.17, 15) is 9.59 Å². The highest BCUT2D eigenvalue weighted by molar-refractivity contribution is 6.01. The van der Waals surface area contributed by atoms with Crippen LogP contribution >= 0.6 is 0 Å². The first kappa shape index (κ1) is 15.9. The molecule has 0 unspecified atom stereocenters. The van der Waals surface area contributed by atoms with Crippen LogP contribution in [0.1, 0.15) is 45.7 Å². The second-order valence-electron chi connectivity index (χ2n) is 5.92. The van der Waals surface area contributed by atoms with E-state index in [0.717, 1.165) is 27.9 Å². The molecule has 0 bridgehead atoms. The van der Waals surface area contributed by atoms with Crippen LogP contribution < -0.4 is 0 Å². The molecule has 120 valence electrons. The monoisotopic (exact) mass is 317 g/mol. The molecule has 0 spiro atoms. The predicted octanol–water partition coefficient (Wildman–Crippen LogP) is 4.68. The summed E-state index contributed by atoms with van der Waals surface area (Å²) in [4.78, 5) is 26.8. The van der Waals surface area contributed by atoms with Crippen LogP contribution in [-0.2, 0) is 6.42 Å². The molecule has 0 saturated carbocycles. The number of carbonyl (C=O) groups excluding carboxylic acids is 2. The number of aromatic amines is 1. The Labute approximate surface area is 141 Å². The van der Waals surface area contributed by atoms with Crippen LogP contribution in [0.15, 0.2) is 60.8 Å². The molecule has 2 aromatic carbocycles. The van der Waals surface area contributed by atoms with Gasteiger partial charge in [-0.2, -0.15) is 0 Å².